The highest BCUT2D eigenvalue weighted by Gasteiger charge is 2.02. The maximum atomic E-state index is 5.78. The van der Waals surface area contributed by atoms with Crippen molar-refractivity contribution in [1.82, 2.24) is 4.98 Å². The molecule has 0 aliphatic rings. The van der Waals surface area contributed by atoms with E-state index in [1.54, 1.807) is 6.20 Å². The molecule has 1 heterocycles. The minimum atomic E-state index is -0.0217. The molecule has 0 saturated heterocycles. The first-order valence-electron chi connectivity index (χ1n) is 6.81. The van der Waals surface area contributed by atoms with E-state index in [1.807, 2.05) is 43.3 Å². The number of hydrogen-bond acceptors (Lipinski definition) is 4. The minimum Gasteiger partial charge on any atom is -0.494 e. The van der Waals surface area contributed by atoms with Gasteiger partial charge in [0.25, 0.3) is 0 Å². The molecule has 4 nitrogen and oxygen atoms in total. The summed E-state index contributed by atoms with van der Waals surface area (Å²) >= 11 is 0. The third kappa shape index (κ3) is 3.96. The molecule has 1 aromatic carbocycles. The van der Waals surface area contributed by atoms with E-state index in [9.17, 15) is 0 Å². The molecule has 2 aromatic rings. The lowest BCUT2D eigenvalue weighted by atomic mass is 10.2. The molecular formula is C16H20N2O2. The molecule has 2 rings (SSSR count). The van der Waals surface area contributed by atoms with Crippen LogP contribution in [-0.4, -0.2) is 11.6 Å². The van der Waals surface area contributed by atoms with Crippen LogP contribution >= 0.6 is 0 Å². The van der Waals surface area contributed by atoms with Gasteiger partial charge in [-0.1, -0.05) is 13.0 Å². The van der Waals surface area contributed by atoms with Gasteiger partial charge in [0.1, 0.15) is 11.5 Å². The molecule has 0 radical (unpaired) electrons. The van der Waals surface area contributed by atoms with Crippen LogP contribution in [0.1, 0.15) is 31.9 Å². The zero-order valence-corrected chi connectivity index (χ0v) is 11.9. The van der Waals surface area contributed by atoms with Gasteiger partial charge in [-0.25, -0.2) is 4.98 Å². The van der Waals surface area contributed by atoms with Gasteiger partial charge in [-0.3, -0.25) is 0 Å². The highest BCUT2D eigenvalue weighted by molar-refractivity contribution is 5.34. The Morgan fingerprint density at radius 3 is 2.35 bits per heavy atom. The molecule has 0 fully saturated rings. The SMILES string of the molecule is CCCOc1ccc(Oc2ccc([C@H](C)N)cn2)cc1. The fourth-order valence-electron chi connectivity index (χ4n) is 1.67. The molecular weight excluding hydrogens is 252 g/mol. The summed E-state index contributed by atoms with van der Waals surface area (Å²) in [4.78, 5) is 4.23. The van der Waals surface area contributed by atoms with E-state index < -0.39 is 0 Å². The second-order valence-corrected chi connectivity index (χ2v) is 4.64. The van der Waals surface area contributed by atoms with Crippen LogP contribution in [0.15, 0.2) is 42.6 Å². The maximum absolute atomic E-state index is 5.78. The number of ether oxygens (including phenoxy) is 2. The van der Waals surface area contributed by atoms with Gasteiger partial charge in [-0.15, -0.1) is 0 Å². The Morgan fingerprint density at radius 1 is 1.10 bits per heavy atom. The molecule has 20 heavy (non-hydrogen) atoms. The summed E-state index contributed by atoms with van der Waals surface area (Å²) in [7, 11) is 0. The maximum Gasteiger partial charge on any atom is 0.219 e. The van der Waals surface area contributed by atoms with Crippen LogP contribution in [0.4, 0.5) is 0 Å². The van der Waals surface area contributed by atoms with E-state index in [0.29, 0.717) is 5.88 Å². The number of pyridine rings is 1. The second kappa shape index (κ2) is 6.91. The first-order chi connectivity index (χ1) is 9.69. The predicted octanol–water partition coefficient (Wildman–Crippen LogP) is 3.68. The van der Waals surface area contributed by atoms with Gasteiger partial charge in [0.2, 0.25) is 5.88 Å². The molecule has 0 aliphatic carbocycles. The Hall–Kier alpha value is -2.07. The predicted molar refractivity (Wildman–Crippen MR) is 79.1 cm³/mol. The molecule has 0 unspecified atom stereocenters. The van der Waals surface area contributed by atoms with E-state index in [2.05, 4.69) is 11.9 Å². The highest BCUT2D eigenvalue weighted by atomic mass is 16.5. The van der Waals surface area contributed by atoms with Gasteiger partial charge in [0.15, 0.2) is 0 Å². The number of nitrogens with two attached hydrogens (primary N) is 1. The molecule has 4 heteroatoms. The molecule has 0 aliphatic heterocycles. The quantitative estimate of drug-likeness (QED) is 0.871. The fourth-order valence-corrected chi connectivity index (χ4v) is 1.67. The van der Waals surface area contributed by atoms with Crippen molar-refractivity contribution in [2.45, 2.75) is 26.3 Å². The van der Waals surface area contributed by atoms with E-state index in [1.165, 1.54) is 0 Å². The van der Waals surface area contributed by atoms with Crippen molar-refractivity contribution in [3.05, 3.63) is 48.2 Å². The van der Waals surface area contributed by atoms with Crippen molar-refractivity contribution < 1.29 is 9.47 Å². The van der Waals surface area contributed by atoms with Crippen LogP contribution in [0.5, 0.6) is 17.4 Å². The third-order valence-electron chi connectivity index (χ3n) is 2.80. The normalized spacial score (nSPS) is 11.9. The van der Waals surface area contributed by atoms with Crippen LogP contribution < -0.4 is 15.2 Å². The Kier molecular flexibility index (Phi) is 4.96. The summed E-state index contributed by atoms with van der Waals surface area (Å²) in [6, 6.07) is 11.2. The van der Waals surface area contributed by atoms with Gasteiger partial charge in [-0.05, 0) is 43.2 Å². The first kappa shape index (κ1) is 14.3. The van der Waals surface area contributed by atoms with Crippen molar-refractivity contribution in [1.29, 1.82) is 0 Å². The van der Waals surface area contributed by atoms with E-state index >= 15 is 0 Å². The zero-order valence-electron chi connectivity index (χ0n) is 11.9. The summed E-state index contributed by atoms with van der Waals surface area (Å²) in [5.41, 5.74) is 6.76. The molecule has 0 bridgehead atoms. The van der Waals surface area contributed by atoms with E-state index in [4.69, 9.17) is 15.2 Å². The van der Waals surface area contributed by atoms with Crippen LogP contribution in [-0.2, 0) is 0 Å². The van der Waals surface area contributed by atoms with Crippen molar-refractivity contribution in [2.24, 2.45) is 5.73 Å². The van der Waals surface area contributed by atoms with E-state index in [-0.39, 0.29) is 6.04 Å². The largest absolute Gasteiger partial charge is 0.494 e. The number of nitrogens with zero attached hydrogens (tertiary/aromatic N) is 1. The Morgan fingerprint density at radius 2 is 1.80 bits per heavy atom. The van der Waals surface area contributed by atoms with Crippen molar-refractivity contribution in [3.8, 4) is 17.4 Å². The lowest BCUT2D eigenvalue weighted by molar-refractivity contribution is 0.317. The number of hydrogen-bond donors (Lipinski definition) is 1. The van der Waals surface area contributed by atoms with Gasteiger partial charge in [0.05, 0.1) is 6.61 Å². The second-order valence-electron chi connectivity index (χ2n) is 4.64. The Labute approximate surface area is 119 Å². The van der Waals surface area contributed by atoms with Crippen LogP contribution in [0.2, 0.25) is 0 Å². The van der Waals surface area contributed by atoms with Gasteiger partial charge >= 0.3 is 0 Å². The molecule has 1 aromatic heterocycles. The lowest BCUT2D eigenvalue weighted by Crippen LogP contribution is -2.05. The summed E-state index contributed by atoms with van der Waals surface area (Å²) in [5, 5.41) is 0. The highest BCUT2D eigenvalue weighted by Crippen LogP contribution is 2.23. The number of rotatable bonds is 6. The summed E-state index contributed by atoms with van der Waals surface area (Å²) in [5.74, 6) is 2.13. The molecule has 0 saturated carbocycles. The summed E-state index contributed by atoms with van der Waals surface area (Å²) in [6.45, 7) is 4.72. The molecule has 0 amide bonds. The van der Waals surface area contributed by atoms with Crippen LogP contribution in [0, 0.1) is 0 Å². The Balaban J connectivity index is 1.98. The van der Waals surface area contributed by atoms with Crippen molar-refractivity contribution in [3.63, 3.8) is 0 Å². The number of aromatic nitrogens is 1. The van der Waals surface area contributed by atoms with E-state index in [0.717, 1.165) is 30.1 Å². The standard InChI is InChI=1S/C16H20N2O2/c1-3-10-19-14-5-7-15(8-6-14)20-16-9-4-13(11-18-16)12(2)17/h4-9,11-12H,3,10,17H2,1-2H3/t12-/m0/s1. The van der Waals surface area contributed by atoms with Gasteiger partial charge in [-0.2, -0.15) is 0 Å². The molecule has 0 spiro atoms. The Bertz CT molecular complexity index is 521. The van der Waals surface area contributed by atoms with Crippen molar-refractivity contribution >= 4 is 0 Å². The van der Waals surface area contributed by atoms with Crippen molar-refractivity contribution in [2.75, 3.05) is 6.61 Å². The fraction of sp³-hybridized carbons (Fsp3) is 0.312. The average Bonchev–Trinajstić information content (AvgIpc) is 2.47. The van der Waals surface area contributed by atoms with Gasteiger partial charge in [0, 0.05) is 18.3 Å². The van der Waals surface area contributed by atoms with Gasteiger partial charge < -0.3 is 15.2 Å². The van der Waals surface area contributed by atoms with Crippen LogP contribution in [0.3, 0.4) is 0 Å². The molecule has 1 atom stereocenters. The smallest absolute Gasteiger partial charge is 0.219 e. The first-order valence-corrected chi connectivity index (χ1v) is 6.81. The average molecular weight is 272 g/mol. The molecule has 2 N–H and O–H groups in total. The summed E-state index contributed by atoms with van der Waals surface area (Å²) in [6.07, 6.45) is 2.73. The topological polar surface area (TPSA) is 57.4 Å². The number of benzene rings is 1. The third-order valence-corrected chi connectivity index (χ3v) is 2.80. The minimum absolute atomic E-state index is 0.0217. The monoisotopic (exact) mass is 272 g/mol. The lowest BCUT2D eigenvalue weighted by Gasteiger charge is -2.08. The molecule has 106 valence electrons. The van der Waals surface area contributed by atoms with Crippen LogP contribution in [0.25, 0.3) is 0 Å². The summed E-state index contributed by atoms with van der Waals surface area (Å²) < 4.78 is 11.2. The zero-order chi connectivity index (χ0) is 14.4.